The van der Waals surface area contributed by atoms with Crippen LogP contribution in [0.2, 0.25) is 0 Å². The third kappa shape index (κ3) is 18.7. The second-order valence-electron chi connectivity index (χ2n) is 20.8. The van der Waals surface area contributed by atoms with Gasteiger partial charge in [-0.1, -0.05) is 133 Å². The predicted octanol–water partition coefficient (Wildman–Crippen LogP) is 14.4. The van der Waals surface area contributed by atoms with Crippen molar-refractivity contribution in [1.29, 1.82) is 0 Å². The first-order valence-electron chi connectivity index (χ1n) is 27.8. The molecule has 0 radical (unpaired) electrons. The fraction of sp³-hybridized carbons (Fsp3) is 0.116. The number of sulfonamides is 3. The minimum Gasteiger partial charge on any atom is -0.478 e. The zero-order chi connectivity index (χ0) is 64.6. The maximum Gasteiger partial charge on any atom is 0.416 e. The van der Waals surface area contributed by atoms with Crippen LogP contribution in [-0.2, 0) is 74.8 Å². The molecule has 10 rings (SSSR count). The Bertz CT molecular complexity index is 4580. The van der Waals surface area contributed by atoms with E-state index in [2.05, 4.69) is 14.2 Å². The molecule has 10 aromatic carbocycles. The molecular weight excluding hydrogens is 1220 g/mol. The number of hydrogen-bond donors (Lipinski definition) is 6. The molecule has 0 amide bonds. The summed E-state index contributed by atoms with van der Waals surface area (Å²) in [6, 6.07) is 64.0. The van der Waals surface area contributed by atoms with Gasteiger partial charge in [-0.2, -0.15) is 13.2 Å². The van der Waals surface area contributed by atoms with E-state index in [0.29, 0.717) is 61.4 Å². The molecule has 90 heavy (non-hydrogen) atoms. The summed E-state index contributed by atoms with van der Waals surface area (Å²) in [5.74, 6) is -2.92. The van der Waals surface area contributed by atoms with E-state index in [9.17, 15) is 52.8 Å². The predicted molar refractivity (Wildman–Crippen MR) is 341 cm³/mol. The molecular formula is C69H60F3N3O12S3. The summed E-state index contributed by atoms with van der Waals surface area (Å²) in [5, 5.41) is 28.8. The number of benzene rings is 10. The Balaban J connectivity index is 0.000000175. The molecule has 0 fully saturated rings. The Kier molecular flexibility index (Phi) is 21.4. The SMILES string of the molecule is Cc1ccc(S(=O)(=O)Nc2cccc(CCc3cccc(C(=O)O)c3)c2)cc1.O=C(O)c1cccc(CCc2cccc(NS(=O)(=O)c3cccc(C(F)(F)F)c3)c2)c1.O=C(O)c1cccc(CCc2cccc(NS(=O)(=O)c3cccc4ccccc34)c2)c1. The average Bonchev–Trinajstić information content (AvgIpc) is 1.30. The quantitative estimate of drug-likeness (QED) is 0.0393. The number of rotatable bonds is 21. The van der Waals surface area contributed by atoms with Crippen molar-refractivity contribution in [1.82, 2.24) is 0 Å². The fourth-order valence-electron chi connectivity index (χ4n) is 9.44. The monoisotopic (exact) mass is 1280 g/mol. The number of hydrogen-bond acceptors (Lipinski definition) is 9. The van der Waals surface area contributed by atoms with Crippen molar-refractivity contribution in [2.24, 2.45) is 0 Å². The van der Waals surface area contributed by atoms with Crippen LogP contribution in [0.15, 0.2) is 251 Å². The second-order valence-corrected chi connectivity index (χ2v) is 25.8. The molecule has 21 heteroatoms. The summed E-state index contributed by atoms with van der Waals surface area (Å²) >= 11 is 0. The summed E-state index contributed by atoms with van der Waals surface area (Å²) in [5.41, 5.74) is 7.21. The van der Waals surface area contributed by atoms with Crippen LogP contribution in [-0.4, -0.2) is 58.5 Å². The van der Waals surface area contributed by atoms with Crippen molar-refractivity contribution in [3.05, 3.63) is 298 Å². The van der Waals surface area contributed by atoms with Gasteiger partial charge in [-0.15, -0.1) is 0 Å². The zero-order valence-electron chi connectivity index (χ0n) is 48.1. The van der Waals surface area contributed by atoms with E-state index in [0.717, 1.165) is 62.5 Å². The van der Waals surface area contributed by atoms with Gasteiger partial charge in [-0.05, 0) is 193 Å². The van der Waals surface area contributed by atoms with Crippen LogP contribution in [0.4, 0.5) is 30.2 Å². The number of aromatic carboxylic acids is 3. The van der Waals surface area contributed by atoms with Crippen molar-refractivity contribution >= 4 is 75.8 Å². The largest absolute Gasteiger partial charge is 0.478 e. The number of carboxylic acids is 3. The lowest BCUT2D eigenvalue weighted by molar-refractivity contribution is -0.137. The van der Waals surface area contributed by atoms with Crippen molar-refractivity contribution < 1.29 is 68.1 Å². The van der Waals surface area contributed by atoms with Crippen LogP contribution in [0.5, 0.6) is 0 Å². The average molecular weight is 1280 g/mol. The van der Waals surface area contributed by atoms with Crippen LogP contribution in [0.3, 0.4) is 0 Å². The highest BCUT2D eigenvalue weighted by atomic mass is 32.2. The first kappa shape index (κ1) is 65.9. The number of halogens is 3. The van der Waals surface area contributed by atoms with E-state index in [1.54, 1.807) is 140 Å². The third-order valence-electron chi connectivity index (χ3n) is 14.0. The molecule has 0 spiro atoms. The standard InChI is InChI=1S/C25H21NO4S.C22H18F3NO4S.C22H21NO4S/c27-25(28)21-10-3-6-18(16-21)14-15-19-7-4-11-22(17-19)26-31(29,30)24-13-5-9-20-8-1-2-12-23(20)24;23-22(24,25)18-7-3-9-20(14-18)31(29,30)26-19-8-2-5-16(13-19)11-10-15-4-1-6-17(12-15)21(27)28;1-16-8-12-21(13-9-16)28(26,27)23-20-7-3-5-18(15-20)11-10-17-4-2-6-19(14-17)22(24)25/h1-13,16-17,26H,14-15H2,(H,27,28);1-9,12-14,26H,10-11H2,(H,27,28);2-9,12-15,23H,10-11H2,1H3,(H,24,25). The van der Waals surface area contributed by atoms with Crippen LogP contribution in [0.25, 0.3) is 10.8 Å². The van der Waals surface area contributed by atoms with Gasteiger partial charge < -0.3 is 15.3 Å². The number of carbonyl (C=O) groups is 3. The first-order valence-corrected chi connectivity index (χ1v) is 32.3. The summed E-state index contributed by atoms with van der Waals surface area (Å²) in [4.78, 5) is 33.3. The van der Waals surface area contributed by atoms with E-state index in [1.165, 1.54) is 12.1 Å². The van der Waals surface area contributed by atoms with E-state index in [-0.39, 0.29) is 32.2 Å². The molecule has 0 aliphatic rings. The molecule has 0 bridgehead atoms. The molecule has 0 atom stereocenters. The van der Waals surface area contributed by atoms with E-state index in [1.807, 2.05) is 67.6 Å². The maximum atomic E-state index is 13.0. The van der Waals surface area contributed by atoms with Crippen molar-refractivity contribution in [2.45, 2.75) is 66.3 Å². The fourth-order valence-corrected chi connectivity index (χ4v) is 12.9. The number of nitrogens with one attached hydrogen (secondary N) is 3. The molecule has 0 saturated heterocycles. The first-order chi connectivity index (χ1) is 42.8. The Morgan fingerprint density at radius 3 is 1.12 bits per heavy atom. The lowest BCUT2D eigenvalue weighted by Crippen LogP contribution is -2.14. The molecule has 15 nitrogen and oxygen atoms in total. The lowest BCUT2D eigenvalue weighted by Gasteiger charge is -2.12. The highest BCUT2D eigenvalue weighted by Gasteiger charge is 2.32. The molecule has 0 aliphatic heterocycles. The van der Waals surface area contributed by atoms with Crippen molar-refractivity contribution in [3.63, 3.8) is 0 Å². The van der Waals surface area contributed by atoms with Gasteiger partial charge in [0.05, 0.1) is 36.9 Å². The van der Waals surface area contributed by atoms with Gasteiger partial charge in [0, 0.05) is 22.4 Å². The highest BCUT2D eigenvalue weighted by Crippen LogP contribution is 2.32. The summed E-state index contributed by atoms with van der Waals surface area (Å²) in [6.45, 7) is 1.90. The van der Waals surface area contributed by atoms with Gasteiger partial charge in [0.1, 0.15) is 0 Å². The smallest absolute Gasteiger partial charge is 0.416 e. The Labute approximate surface area is 519 Å². The van der Waals surface area contributed by atoms with Crippen LogP contribution in [0, 0.1) is 6.92 Å². The number of fused-ring (bicyclic) bond motifs is 1. The summed E-state index contributed by atoms with van der Waals surface area (Å²) < 4.78 is 122. The van der Waals surface area contributed by atoms with Crippen LogP contribution >= 0.6 is 0 Å². The molecule has 0 aromatic heterocycles. The van der Waals surface area contributed by atoms with Gasteiger partial charge in [0.15, 0.2) is 0 Å². The van der Waals surface area contributed by atoms with Gasteiger partial charge in [-0.25, -0.2) is 39.6 Å². The molecule has 6 N–H and O–H groups in total. The Morgan fingerprint density at radius 2 is 0.711 bits per heavy atom. The molecule has 10 aromatic rings. The van der Waals surface area contributed by atoms with Crippen LogP contribution < -0.4 is 14.2 Å². The lowest BCUT2D eigenvalue weighted by atomic mass is 10.0. The van der Waals surface area contributed by atoms with Gasteiger partial charge in [0.2, 0.25) is 0 Å². The summed E-state index contributed by atoms with van der Waals surface area (Å²) in [7, 11) is -11.6. The number of anilines is 3. The van der Waals surface area contributed by atoms with Gasteiger partial charge in [-0.3, -0.25) is 14.2 Å². The topological polar surface area (TPSA) is 250 Å². The number of carboxylic acid groups (broad SMARTS) is 3. The van der Waals surface area contributed by atoms with Gasteiger partial charge >= 0.3 is 24.1 Å². The van der Waals surface area contributed by atoms with Crippen molar-refractivity contribution in [3.8, 4) is 0 Å². The maximum absolute atomic E-state index is 13.0. The van der Waals surface area contributed by atoms with Crippen LogP contribution in [0.1, 0.15) is 75.6 Å². The molecule has 0 saturated carbocycles. The molecule has 0 aliphatic carbocycles. The van der Waals surface area contributed by atoms with E-state index in [4.69, 9.17) is 15.3 Å². The number of alkyl halides is 3. The zero-order valence-corrected chi connectivity index (χ0v) is 50.6. The Hall–Kier alpha value is -10.1. The summed E-state index contributed by atoms with van der Waals surface area (Å²) in [6.07, 6.45) is -0.956. The van der Waals surface area contributed by atoms with E-state index >= 15 is 0 Å². The third-order valence-corrected chi connectivity index (χ3v) is 18.2. The molecule has 0 heterocycles. The van der Waals surface area contributed by atoms with E-state index < -0.39 is 64.6 Å². The van der Waals surface area contributed by atoms with Crippen molar-refractivity contribution in [2.75, 3.05) is 14.2 Å². The second kappa shape index (κ2) is 29.3. The number of aryl methyl sites for hydroxylation is 7. The minimum atomic E-state index is -4.65. The van der Waals surface area contributed by atoms with Gasteiger partial charge in [0.25, 0.3) is 30.1 Å². The molecule has 0 unspecified atom stereocenters. The Morgan fingerprint density at radius 1 is 0.367 bits per heavy atom. The normalized spacial score (nSPS) is 11.5. The minimum absolute atomic E-state index is 0.181. The molecule has 462 valence electrons. The highest BCUT2D eigenvalue weighted by molar-refractivity contribution is 7.93.